The lowest BCUT2D eigenvalue weighted by Gasteiger charge is -2.22. The molecule has 0 bridgehead atoms. The van der Waals surface area contributed by atoms with Gasteiger partial charge in [0.1, 0.15) is 0 Å². The van der Waals surface area contributed by atoms with Crippen molar-refractivity contribution in [3.05, 3.63) is 48.2 Å². The molecule has 1 atom stereocenters. The van der Waals surface area contributed by atoms with Gasteiger partial charge in [0.25, 0.3) is 0 Å². The van der Waals surface area contributed by atoms with Gasteiger partial charge in [0.15, 0.2) is 11.8 Å². The minimum absolute atomic E-state index is 0.229. The van der Waals surface area contributed by atoms with Gasteiger partial charge < -0.3 is 9.64 Å². The van der Waals surface area contributed by atoms with E-state index in [1.807, 2.05) is 30.3 Å². The molecule has 0 radical (unpaired) electrons. The van der Waals surface area contributed by atoms with Gasteiger partial charge in [0, 0.05) is 12.7 Å². The number of ether oxygens (including phenoxy) is 1. The molecule has 1 aromatic rings. The Kier molecular flexibility index (Phi) is 3.23. The average molecular weight is 231 g/mol. The van der Waals surface area contributed by atoms with E-state index in [9.17, 15) is 9.59 Å². The summed E-state index contributed by atoms with van der Waals surface area (Å²) in [5.74, 6) is -0.747. The van der Waals surface area contributed by atoms with Crippen molar-refractivity contribution >= 4 is 11.8 Å². The monoisotopic (exact) mass is 231 g/mol. The maximum Gasteiger partial charge on any atom is 0.336 e. The van der Waals surface area contributed by atoms with Crippen molar-refractivity contribution in [2.24, 2.45) is 0 Å². The van der Waals surface area contributed by atoms with Gasteiger partial charge in [-0.25, -0.2) is 4.79 Å². The molecule has 4 heteroatoms. The molecule has 0 amide bonds. The van der Waals surface area contributed by atoms with Crippen molar-refractivity contribution in [2.75, 3.05) is 7.11 Å². The zero-order chi connectivity index (χ0) is 12.3. The summed E-state index contributed by atoms with van der Waals surface area (Å²) in [6, 6.07) is 8.83. The van der Waals surface area contributed by atoms with Crippen LogP contribution in [0.15, 0.2) is 42.6 Å². The van der Waals surface area contributed by atoms with Crippen molar-refractivity contribution in [1.29, 1.82) is 0 Å². The van der Waals surface area contributed by atoms with Crippen LogP contribution in [0.3, 0.4) is 0 Å². The topological polar surface area (TPSA) is 46.6 Å². The molecule has 0 fully saturated rings. The van der Waals surface area contributed by atoms with Crippen molar-refractivity contribution in [1.82, 2.24) is 4.90 Å². The summed E-state index contributed by atoms with van der Waals surface area (Å²) >= 11 is 0. The van der Waals surface area contributed by atoms with E-state index >= 15 is 0 Å². The highest BCUT2D eigenvalue weighted by Crippen LogP contribution is 2.16. The number of methoxy groups -OCH3 is 1. The van der Waals surface area contributed by atoms with Crippen LogP contribution < -0.4 is 0 Å². The fourth-order valence-electron chi connectivity index (χ4n) is 1.81. The third-order valence-electron chi connectivity index (χ3n) is 2.66. The zero-order valence-electron chi connectivity index (χ0n) is 9.50. The molecule has 1 heterocycles. The molecule has 1 unspecified atom stereocenters. The summed E-state index contributed by atoms with van der Waals surface area (Å²) in [6.07, 6.45) is 3.04. The van der Waals surface area contributed by atoms with Crippen LogP contribution in [0, 0.1) is 0 Å². The van der Waals surface area contributed by atoms with Gasteiger partial charge in [-0.05, 0) is 11.6 Å². The van der Waals surface area contributed by atoms with E-state index in [1.165, 1.54) is 13.2 Å². The maximum absolute atomic E-state index is 11.5. The van der Waals surface area contributed by atoms with Gasteiger partial charge in [-0.2, -0.15) is 0 Å². The second-order valence-corrected chi connectivity index (χ2v) is 3.80. The molecular formula is C13H13NO3. The molecule has 0 saturated carbocycles. The Morgan fingerprint density at radius 1 is 1.35 bits per heavy atom. The Bertz CT molecular complexity index is 453. The minimum atomic E-state index is -0.833. The van der Waals surface area contributed by atoms with Crippen LogP contribution in [0.2, 0.25) is 0 Å². The molecule has 1 aromatic carbocycles. The number of nitrogens with zero attached hydrogens (tertiary/aromatic N) is 1. The average Bonchev–Trinajstić information content (AvgIpc) is 2.71. The summed E-state index contributed by atoms with van der Waals surface area (Å²) in [7, 11) is 1.29. The number of carbonyl (C=O) groups excluding carboxylic acids is 2. The second kappa shape index (κ2) is 4.82. The van der Waals surface area contributed by atoms with Crippen molar-refractivity contribution in [3.63, 3.8) is 0 Å². The van der Waals surface area contributed by atoms with Crippen LogP contribution in [0.5, 0.6) is 0 Å². The van der Waals surface area contributed by atoms with E-state index in [2.05, 4.69) is 4.74 Å². The highest BCUT2D eigenvalue weighted by Gasteiger charge is 2.34. The molecule has 4 nitrogen and oxygen atoms in total. The van der Waals surface area contributed by atoms with E-state index in [-0.39, 0.29) is 5.78 Å². The smallest absolute Gasteiger partial charge is 0.336 e. The fourth-order valence-corrected chi connectivity index (χ4v) is 1.81. The number of hydrogen-bond donors (Lipinski definition) is 0. The Morgan fingerprint density at radius 3 is 2.71 bits per heavy atom. The lowest BCUT2D eigenvalue weighted by molar-refractivity contribution is -0.148. The van der Waals surface area contributed by atoms with Gasteiger partial charge in [-0.1, -0.05) is 30.3 Å². The van der Waals surface area contributed by atoms with Crippen LogP contribution in [0.25, 0.3) is 0 Å². The molecule has 1 aliphatic heterocycles. The quantitative estimate of drug-likeness (QED) is 0.578. The molecule has 0 N–H and O–H groups in total. The fraction of sp³-hybridized carbons (Fsp3) is 0.231. The lowest BCUT2D eigenvalue weighted by atomic mass is 10.1. The summed E-state index contributed by atoms with van der Waals surface area (Å²) in [5.41, 5.74) is 1.04. The minimum Gasteiger partial charge on any atom is -0.467 e. The largest absolute Gasteiger partial charge is 0.467 e. The van der Waals surface area contributed by atoms with Crippen molar-refractivity contribution in [3.8, 4) is 0 Å². The number of carbonyl (C=O) groups is 2. The predicted octanol–water partition coefficient (Wildman–Crippen LogP) is 1.13. The van der Waals surface area contributed by atoms with Crippen LogP contribution >= 0.6 is 0 Å². The molecule has 88 valence electrons. The lowest BCUT2D eigenvalue weighted by Crippen LogP contribution is -2.39. The number of rotatable bonds is 3. The number of esters is 1. The van der Waals surface area contributed by atoms with Crippen LogP contribution in [0.4, 0.5) is 0 Å². The Morgan fingerprint density at radius 2 is 2.06 bits per heavy atom. The highest BCUT2D eigenvalue weighted by atomic mass is 16.5. The summed E-state index contributed by atoms with van der Waals surface area (Å²) in [5, 5.41) is 0. The summed E-state index contributed by atoms with van der Waals surface area (Å²) in [6.45, 7) is 0.517. The Hall–Kier alpha value is -2.10. The van der Waals surface area contributed by atoms with E-state index in [0.29, 0.717) is 6.54 Å². The zero-order valence-corrected chi connectivity index (χ0v) is 9.50. The molecule has 0 aromatic heterocycles. The number of hydrogen-bond acceptors (Lipinski definition) is 4. The molecule has 0 spiro atoms. The third-order valence-corrected chi connectivity index (χ3v) is 2.66. The van der Waals surface area contributed by atoms with Gasteiger partial charge in [-0.15, -0.1) is 0 Å². The van der Waals surface area contributed by atoms with Gasteiger partial charge >= 0.3 is 5.97 Å². The Labute approximate surface area is 99.5 Å². The Balaban J connectivity index is 2.13. The van der Waals surface area contributed by atoms with E-state index in [1.54, 1.807) is 11.1 Å². The van der Waals surface area contributed by atoms with Crippen molar-refractivity contribution < 1.29 is 14.3 Å². The first-order valence-corrected chi connectivity index (χ1v) is 5.32. The third kappa shape index (κ3) is 2.36. The number of benzene rings is 1. The molecule has 1 aliphatic rings. The second-order valence-electron chi connectivity index (χ2n) is 3.80. The normalized spacial score (nSPS) is 18.5. The standard InChI is InChI=1S/C13H13NO3/c1-17-13(16)12-11(15)7-8-14(12)9-10-5-3-2-4-6-10/h2-8,12H,9H2,1H3. The summed E-state index contributed by atoms with van der Waals surface area (Å²) < 4.78 is 4.63. The van der Waals surface area contributed by atoms with Gasteiger partial charge in [0.2, 0.25) is 0 Å². The first kappa shape index (κ1) is 11.4. The number of ketones is 1. The van der Waals surface area contributed by atoms with E-state index < -0.39 is 12.0 Å². The SMILES string of the molecule is COC(=O)C1C(=O)C=CN1Cc1ccccc1. The van der Waals surface area contributed by atoms with Gasteiger partial charge in [-0.3, -0.25) is 4.79 Å². The van der Waals surface area contributed by atoms with Crippen LogP contribution in [-0.4, -0.2) is 29.8 Å². The highest BCUT2D eigenvalue weighted by molar-refractivity contribution is 6.10. The molecule has 0 saturated heterocycles. The van der Waals surface area contributed by atoms with Crippen molar-refractivity contribution in [2.45, 2.75) is 12.6 Å². The van der Waals surface area contributed by atoms with E-state index in [4.69, 9.17) is 0 Å². The van der Waals surface area contributed by atoms with Crippen LogP contribution in [-0.2, 0) is 20.9 Å². The summed E-state index contributed by atoms with van der Waals surface area (Å²) in [4.78, 5) is 24.7. The molecule has 17 heavy (non-hydrogen) atoms. The maximum atomic E-state index is 11.5. The first-order valence-electron chi connectivity index (χ1n) is 5.32. The van der Waals surface area contributed by atoms with E-state index in [0.717, 1.165) is 5.56 Å². The molecule has 0 aliphatic carbocycles. The van der Waals surface area contributed by atoms with Crippen LogP contribution in [0.1, 0.15) is 5.56 Å². The predicted molar refractivity (Wildman–Crippen MR) is 61.9 cm³/mol. The molecular weight excluding hydrogens is 218 g/mol. The first-order chi connectivity index (χ1) is 8.22. The molecule has 2 rings (SSSR count). The van der Waals surface area contributed by atoms with Gasteiger partial charge in [0.05, 0.1) is 7.11 Å².